The summed E-state index contributed by atoms with van der Waals surface area (Å²) in [5, 5.41) is 12.4. The van der Waals surface area contributed by atoms with Crippen molar-refractivity contribution >= 4 is 34.9 Å². The number of rotatable bonds is 6. The van der Waals surface area contributed by atoms with Gasteiger partial charge < -0.3 is 25.0 Å². The summed E-state index contributed by atoms with van der Waals surface area (Å²) in [7, 11) is 1.70. The van der Waals surface area contributed by atoms with E-state index >= 15 is 0 Å². The number of β-amino-alcohol motifs (C(OH)–C–C–N with tert-alkyl or cyclic N) is 1. The minimum atomic E-state index is -3.84. The number of hydrogen-bond acceptors (Lipinski definition) is 7. The SMILES string of the molecule is CN1Cc2ncc(-c3cc(C(=O)Nc4ccc(OC(F)(F)Cl)cc4)cnc3N3CC(O)C3)cc2C1=O. The average Bonchev–Trinajstić information content (AvgIpc) is 3.10. The molecule has 0 bridgehead atoms. The summed E-state index contributed by atoms with van der Waals surface area (Å²) < 4.78 is 29.9. The number of nitrogens with zero attached hydrogens (tertiary/aromatic N) is 4. The number of fused-ring (bicyclic) bond motifs is 1. The van der Waals surface area contributed by atoms with Crippen molar-refractivity contribution in [2.75, 3.05) is 30.4 Å². The summed E-state index contributed by atoms with van der Waals surface area (Å²) in [5.41, 5.74) is -0.911. The number of hydrogen-bond donors (Lipinski definition) is 2. The lowest BCUT2D eigenvalue weighted by Gasteiger charge is -2.38. The molecule has 2 amide bonds. The monoisotopic (exact) mass is 515 g/mol. The number of amides is 2. The predicted octanol–water partition coefficient (Wildman–Crippen LogP) is 3.33. The van der Waals surface area contributed by atoms with Gasteiger partial charge >= 0.3 is 5.57 Å². The number of benzene rings is 1. The Labute approximate surface area is 209 Å². The molecule has 0 spiro atoms. The summed E-state index contributed by atoms with van der Waals surface area (Å²) in [5.74, 6) is -0.232. The number of aliphatic hydroxyl groups excluding tert-OH is 1. The van der Waals surface area contributed by atoms with Crippen molar-refractivity contribution < 1.29 is 28.2 Å². The first-order valence-corrected chi connectivity index (χ1v) is 11.3. The lowest BCUT2D eigenvalue weighted by Crippen LogP contribution is -2.51. The zero-order valence-electron chi connectivity index (χ0n) is 18.9. The van der Waals surface area contributed by atoms with Gasteiger partial charge in [-0.25, -0.2) is 4.98 Å². The second-order valence-corrected chi connectivity index (χ2v) is 9.00. The number of aliphatic hydroxyl groups is 1. The van der Waals surface area contributed by atoms with Gasteiger partial charge in [0.25, 0.3) is 11.8 Å². The molecule has 36 heavy (non-hydrogen) atoms. The molecule has 0 saturated carbocycles. The van der Waals surface area contributed by atoms with Gasteiger partial charge in [-0.2, -0.15) is 0 Å². The van der Waals surface area contributed by atoms with Crippen LogP contribution in [0.15, 0.2) is 48.8 Å². The number of ether oxygens (including phenoxy) is 1. The summed E-state index contributed by atoms with van der Waals surface area (Å²) in [6.07, 6.45) is 2.57. The number of anilines is 2. The quantitative estimate of drug-likeness (QED) is 0.485. The number of carbonyl (C=O) groups is 2. The summed E-state index contributed by atoms with van der Waals surface area (Å²) in [4.78, 5) is 37.8. The Balaban J connectivity index is 1.43. The smallest absolute Gasteiger partial charge is 0.420 e. The molecule has 4 heterocycles. The second-order valence-electron chi connectivity index (χ2n) is 8.56. The molecule has 2 aliphatic rings. The molecule has 1 fully saturated rings. The van der Waals surface area contributed by atoms with Gasteiger partial charge in [0.05, 0.1) is 29.5 Å². The van der Waals surface area contributed by atoms with Gasteiger partial charge in [-0.1, -0.05) is 0 Å². The van der Waals surface area contributed by atoms with E-state index in [0.29, 0.717) is 53.5 Å². The van der Waals surface area contributed by atoms with Crippen LogP contribution in [0.3, 0.4) is 0 Å². The highest BCUT2D eigenvalue weighted by Crippen LogP contribution is 2.34. The zero-order chi connectivity index (χ0) is 25.6. The number of nitrogens with one attached hydrogen (secondary N) is 1. The van der Waals surface area contributed by atoms with Crippen LogP contribution in [0.4, 0.5) is 20.3 Å². The van der Waals surface area contributed by atoms with E-state index in [2.05, 4.69) is 20.0 Å². The van der Waals surface area contributed by atoms with Gasteiger partial charge in [0, 0.05) is 60.9 Å². The Morgan fingerprint density at radius 2 is 1.89 bits per heavy atom. The van der Waals surface area contributed by atoms with Crippen molar-refractivity contribution in [1.29, 1.82) is 0 Å². The fraction of sp³-hybridized carbons (Fsp3) is 0.250. The lowest BCUT2D eigenvalue weighted by molar-refractivity contribution is -0.0964. The highest BCUT2D eigenvalue weighted by atomic mass is 35.5. The van der Waals surface area contributed by atoms with Crippen molar-refractivity contribution in [2.24, 2.45) is 0 Å². The summed E-state index contributed by atoms with van der Waals surface area (Å²) in [6, 6.07) is 8.66. The van der Waals surface area contributed by atoms with E-state index in [9.17, 15) is 23.5 Å². The van der Waals surface area contributed by atoms with Crippen LogP contribution < -0.4 is 15.0 Å². The maximum atomic E-state index is 13.0. The van der Waals surface area contributed by atoms with E-state index in [1.54, 1.807) is 30.3 Å². The maximum absolute atomic E-state index is 13.0. The van der Waals surface area contributed by atoms with Gasteiger partial charge in [-0.05, 0) is 36.4 Å². The Bertz CT molecular complexity index is 1340. The molecule has 186 valence electrons. The third kappa shape index (κ3) is 4.79. The zero-order valence-corrected chi connectivity index (χ0v) is 19.7. The average molecular weight is 516 g/mol. The lowest BCUT2D eigenvalue weighted by atomic mass is 10.0. The van der Waals surface area contributed by atoms with Gasteiger partial charge in [0.1, 0.15) is 11.6 Å². The number of alkyl halides is 3. The molecule has 0 aliphatic carbocycles. The third-order valence-corrected chi connectivity index (χ3v) is 5.96. The standard InChI is InChI=1S/C24H20ClF2N5O4/c1-31-12-20-19(23(31)35)6-13(8-28-20)18-7-14(9-29-21(18)32-10-16(33)11-32)22(34)30-15-2-4-17(5-3-15)36-24(25,26)27/h2-9,16,33H,10-12H2,1H3,(H,30,34). The highest BCUT2D eigenvalue weighted by Gasteiger charge is 2.31. The highest BCUT2D eigenvalue weighted by molar-refractivity contribution is 6.20. The summed E-state index contributed by atoms with van der Waals surface area (Å²) in [6.45, 7) is 1.20. The molecule has 0 atom stereocenters. The molecule has 12 heteroatoms. The molecule has 9 nitrogen and oxygen atoms in total. The van der Waals surface area contributed by atoms with E-state index in [0.717, 1.165) is 0 Å². The van der Waals surface area contributed by atoms with Crippen molar-refractivity contribution in [3.8, 4) is 16.9 Å². The third-order valence-electron chi connectivity index (χ3n) is 5.88. The first-order chi connectivity index (χ1) is 17.1. The molecule has 0 unspecified atom stereocenters. The van der Waals surface area contributed by atoms with Crippen LogP contribution in [-0.2, 0) is 6.54 Å². The second kappa shape index (κ2) is 8.99. The molecule has 1 saturated heterocycles. The van der Waals surface area contributed by atoms with E-state index in [1.165, 1.54) is 30.5 Å². The maximum Gasteiger partial charge on any atom is 0.487 e. The number of halogens is 3. The Kier molecular flexibility index (Phi) is 5.97. The largest absolute Gasteiger partial charge is 0.487 e. The molecule has 0 radical (unpaired) electrons. The normalized spacial score (nSPS) is 15.5. The van der Waals surface area contributed by atoms with Gasteiger partial charge in [-0.3, -0.25) is 14.6 Å². The van der Waals surface area contributed by atoms with E-state index in [4.69, 9.17) is 11.6 Å². The number of aromatic nitrogens is 2. The van der Waals surface area contributed by atoms with Crippen molar-refractivity contribution in [1.82, 2.24) is 14.9 Å². The van der Waals surface area contributed by atoms with Crippen LogP contribution in [-0.4, -0.2) is 63.6 Å². The van der Waals surface area contributed by atoms with Crippen LogP contribution in [0.5, 0.6) is 5.75 Å². The predicted molar refractivity (Wildman–Crippen MR) is 127 cm³/mol. The first kappa shape index (κ1) is 23.9. The minimum Gasteiger partial charge on any atom is -0.420 e. The van der Waals surface area contributed by atoms with E-state index in [1.807, 2.05) is 4.90 Å². The van der Waals surface area contributed by atoms with Crippen molar-refractivity contribution in [3.05, 3.63) is 65.6 Å². The van der Waals surface area contributed by atoms with Crippen LogP contribution in [0, 0.1) is 0 Å². The molecule has 2 aliphatic heterocycles. The number of pyridine rings is 2. The van der Waals surface area contributed by atoms with Gasteiger partial charge in [-0.15, -0.1) is 8.78 Å². The minimum absolute atomic E-state index is 0.138. The molecule has 5 rings (SSSR count). The van der Waals surface area contributed by atoms with E-state index in [-0.39, 0.29) is 17.2 Å². The number of carbonyl (C=O) groups excluding carboxylic acids is 2. The van der Waals surface area contributed by atoms with Crippen molar-refractivity contribution in [3.63, 3.8) is 0 Å². The van der Waals surface area contributed by atoms with Crippen LogP contribution in [0.1, 0.15) is 26.4 Å². The fourth-order valence-electron chi connectivity index (χ4n) is 4.07. The van der Waals surface area contributed by atoms with Crippen molar-refractivity contribution in [2.45, 2.75) is 18.2 Å². The Morgan fingerprint density at radius 1 is 1.17 bits per heavy atom. The van der Waals surface area contributed by atoms with E-state index < -0.39 is 17.6 Å². The first-order valence-electron chi connectivity index (χ1n) is 10.9. The van der Waals surface area contributed by atoms with Crippen LogP contribution in [0.2, 0.25) is 0 Å². The molecule has 2 N–H and O–H groups in total. The summed E-state index contributed by atoms with van der Waals surface area (Å²) >= 11 is 4.77. The van der Waals surface area contributed by atoms with Crippen LogP contribution in [0.25, 0.3) is 11.1 Å². The van der Waals surface area contributed by atoms with Crippen LogP contribution >= 0.6 is 11.6 Å². The molecule has 3 aromatic rings. The van der Waals surface area contributed by atoms with Gasteiger partial charge in [0.15, 0.2) is 0 Å². The molecule has 2 aromatic heterocycles. The molecular weight excluding hydrogens is 496 g/mol. The molecule has 1 aromatic carbocycles. The fourth-order valence-corrected chi connectivity index (χ4v) is 4.16. The topological polar surface area (TPSA) is 108 Å². The van der Waals surface area contributed by atoms with Gasteiger partial charge in [0.2, 0.25) is 0 Å². The Hall–Kier alpha value is -3.83. The molecular formula is C24H20ClF2N5O4. The Morgan fingerprint density at radius 3 is 2.56 bits per heavy atom.